The summed E-state index contributed by atoms with van der Waals surface area (Å²) in [6.45, 7) is 6.41. The van der Waals surface area contributed by atoms with Crippen molar-refractivity contribution in [2.45, 2.75) is 45.4 Å². The van der Waals surface area contributed by atoms with Crippen molar-refractivity contribution in [3.63, 3.8) is 0 Å². The minimum atomic E-state index is 0.789. The minimum absolute atomic E-state index is 0.789. The van der Waals surface area contributed by atoms with E-state index in [1.807, 2.05) is 0 Å². The predicted molar refractivity (Wildman–Crippen MR) is 59.2 cm³/mol. The quantitative estimate of drug-likeness (QED) is 0.619. The first-order chi connectivity index (χ1) is 6.82. The molecule has 1 heterocycles. The van der Waals surface area contributed by atoms with Crippen LogP contribution in [0, 0.1) is 17.3 Å². The zero-order chi connectivity index (χ0) is 9.60. The van der Waals surface area contributed by atoms with Crippen molar-refractivity contribution in [3.8, 4) is 0 Å². The highest BCUT2D eigenvalue weighted by Gasteiger charge is 2.51. The molecular formula is C13H23N. The Balaban J connectivity index is 1.76. The van der Waals surface area contributed by atoms with Crippen molar-refractivity contribution < 1.29 is 0 Å². The molecule has 0 aromatic heterocycles. The number of piperidine rings is 1. The molecule has 0 radical (unpaired) electrons. The average Bonchev–Trinajstić information content (AvgIpc) is 2.78. The Labute approximate surface area is 87.9 Å². The van der Waals surface area contributed by atoms with E-state index in [1.165, 1.54) is 26.1 Å². The molecule has 14 heavy (non-hydrogen) atoms. The van der Waals surface area contributed by atoms with Gasteiger partial charge in [-0.15, -0.1) is 0 Å². The van der Waals surface area contributed by atoms with E-state index in [2.05, 4.69) is 11.8 Å². The number of likely N-dealkylation sites (tertiary alicyclic amines) is 1. The minimum Gasteiger partial charge on any atom is -0.303 e. The normalized spacial score (nSPS) is 47.8. The summed E-state index contributed by atoms with van der Waals surface area (Å²) in [6.07, 6.45) is 9.29. The van der Waals surface area contributed by atoms with E-state index in [1.54, 1.807) is 32.1 Å². The molecular weight excluding hydrogens is 170 g/mol. The van der Waals surface area contributed by atoms with Gasteiger partial charge in [0, 0.05) is 6.54 Å². The molecule has 0 aromatic carbocycles. The smallest absolute Gasteiger partial charge is 0.00406 e. The van der Waals surface area contributed by atoms with Gasteiger partial charge in [0.2, 0.25) is 0 Å². The summed E-state index contributed by atoms with van der Waals surface area (Å²) in [6, 6.07) is 0. The highest BCUT2D eigenvalue weighted by atomic mass is 15.1. The highest BCUT2D eigenvalue weighted by molar-refractivity contribution is 5.03. The zero-order valence-corrected chi connectivity index (χ0v) is 9.47. The molecule has 1 heteroatoms. The molecule has 1 saturated heterocycles. The molecule has 1 nitrogen and oxygen atoms in total. The van der Waals surface area contributed by atoms with Gasteiger partial charge in [0.1, 0.15) is 0 Å². The van der Waals surface area contributed by atoms with Crippen LogP contribution in [-0.4, -0.2) is 24.5 Å². The van der Waals surface area contributed by atoms with Crippen LogP contribution in [0.5, 0.6) is 0 Å². The monoisotopic (exact) mass is 193 g/mol. The molecule has 1 aliphatic heterocycles. The van der Waals surface area contributed by atoms with Gasteiger partial charge < -0.3 is 4.90 Å². The van der Waals surface area contributed by atoms with Crippen LogP contribution in [0.2, 0.25) is 0 Å². The van der Waals surface area contributed by atoms with E-state index in [0.29, 0.717) is 0 Å². The fraction of sp³-hybridized carbons (Fsp3) is 1.00. The van der Waals surface area contributed by atoms with Crippen LogP contribution in [0.1, 0.15) is 45.4 Å². The molecule has 3 rings (SSSR count). The maximum atomic E-state index is 2.70. The first-order valence-electron chi connectivity index (χ1n) is 6.55. The number of hydrogen-bond donors (Lipinski definition) is 0. The Kier molecular flexibility index (Phi) is 2.12. The number of fused-ring (bicyclic) bond motifs is 3. The molecule has 3 unspecified atom stereocenters. The molecule has 0 N–H and O–H groups in total. The van der Waals surface area contributed by atoms with Gasteiger partial charge in [-0.2, -0.15) is 0 Å². The van der Waals surface area contributed by atoms with Crippen LogP contribution in [-0.2, 0) is 0 Å². The fourth-order valence-corrected chi connectivity index (χ4v) is 4.59. The van der Waals surface area contributed by atoms with Gasteiger partial charge >= 0.3 is 0 Å². The van der Waals surface area contributed by atoms with Crippen molar-refractivity contribution in [1.82, 2.24) is 4.90 Å². The van der Waals surface area contributed by atoms with Gasteiger partial charge in [-0.05, 0) is 62.4 Å². The lowest BCUT2D eigenvalue weighted by Gasteiger charge is -2.45. The maximum absolute atomic E-state index is 2.70. The van der Waals surface area contributed by atoms with Crippen LogP contribution in [0.15, 0.2) is 0 Å². The third kappa shape index (κ3) is 1.25. The molecule has 3 fully saturated rings. The number of rotatable bonds is 1. The second-order valence-corrected chi connectivity index (χ2v) is 5.91. The van der Waals surface area contributed by atoms with Crippen LogP contribution < -0.4 is 0 Å². The molecule has 2 aliphatic carbocycles. The largest absolute Gasteiger partial charge is 0.303 e. The Bertz CT molecular complexity index is 225. The SMILES string of the molecule is CCN1CCCC2(CC3CCC2C3)C1. The van der Waals surface area contributed by atoms with Crippen LogP contribution in [0.25, 0.3) is 0 Å². The van der Waals surface area contributed by atoms with Crippen LogP contribution in [0.4, 0.5) is 0 Å². The second kappa shape index (κ2) is 3.23. The molecule has 3 aliphatic rings. The Morgan fingerprint density at radius 1 is 1.36 bits per heavy atom. The molecule has 3 atom stereocenters. The predicted octanol–water partition coefficient (Wildman–Crippen LogP) is 2.91. The molecule has 2 saturated carbocycles. The van der Waals surface area contributed by atoms with E-state index in [0.717, 1.165) is 17.3 Å². The molecule has 2 bridgehead atoms. The molecule has 1 spiro atoms. The summed E-state index contributed by atoms with van der Waals surface area (Å²) in [4.78, 5) is 2.70. The summed E-state index contributed by atoms with van der Waals surface area (Å²) in [7, 11) is 0. The first-order valence-corrected chi connectivity index (χ1v) is 6.55. The third-order valence-corrected chi connectivity index (χ3v) is 5.24. The Morgan fingerprint density at radius 3 is 2.93 bits per heavy atom. The van der Waals surface area contributed by atoms with Crippen molar-refractivity contribution in [3.05, 3.63) is 0 Å². The zero-order valence-electron chi connectivity index (χ0n) is 9.47. The van der Waals surface area contributed by atoms with Gasteiger partial charge in [0.05, 0.1) is 0 Å². The summed E-state index contributed by atoms with van der Waals surface area (Å²) in [5.41, 5.74) is 0.789. The van der Waals surface area contributed by atoms with Crippen molar-refractivity contribution in [1.29, 1.82) is 0 Å². The van der Waals surface area contributed by atoms with Gasteiger partial charge in [-0.1, -0.05) is 13.3 Å². The van der Waals surface area contributed by atoms with Crippen molar-refractivity contribution in [2.24, 2.45) is 17.3 Å². The second-order valence-electron chi connectivity index (χ2n) is 5.91. The van der Waals surface area contributed by atoms with Gasteiger partial charge in [0.15, 0.2) is 0 Å². The first kappa shape index (κ1) is 9.21. The summed E-state index contributed by atoms with van der Waals surface area (Å²) >= 11 is 0. The van der Waals surface area contributed by atoms with Crippen molar-refractivity contribution in [2.75, 3.05) is 19.6 Å². The standard InChI is InChI=1S/C13H23N/c1-2-14-7-3-6-13(10-14)9-11-4-5-12(13)8-11/h11-12H,2-10H2,1H3. The summed E-state index contributed by atoms with van der Waals surface area (Å²) < 4.78 is 0. The van der Waals surface area contributed by atoms with Gasteiger partial charge in [-0.25, -0.2) is 0 Å². The highest BCUT2D eigenvalue weighted by Crippen LogP contribution is 2.59. The summed E-state index contributed by atoms with van der Waals surface area (Å²) in [5.74, 6) is 2.23. The summed E-state index contributed by atoms with van der Waals surface area (Å²) in [5, 5.41) is 0. The Hall–Kier alpha value is -0.0400. The topological polar surface area (TPSA) is 3.24 Å². The van der Waals surface area contributed by atoms with E-state index in [4.69, 9.17) is 0 Å². The number of hydrogen-bond acceptors (Lipinski definition) is 1. The van der Waals surface area contributed by atoms with Crippen molar-refractivity contribution >= 4 is 0 Å². The molecule has 80 valence electrons. The van der Waals surface area contributed by atoms with Gasteiger partial charge in [0.25, 0.3) is 0 Å². The Morgan fingerprint density at radius 2 is 2.29 bits per heavy atom. The van der Waals surface area contributed by atoms with Gasteiger partial charge in [-0.3, -0.25) is 0 Å². The maximum Gasteiger partial charge on any atom is 0.00406 e. The van der Waals surface area contributed by atoms with E-state index in [9.17, 15) is 0 Å². The van der Waals surface area contributed by atoms with E-state index in [-0.39, 0.29) is 0 Å². The average molecular weight is 193 g/mol. The van der Waals surface area contributed by atoms with E-state index >= 15 is 0 Å². The van der Waals surface area contributed by atoms with Crippen LogP contribution in [0.3, 0.4) is 0 Å². The van der Waals surface area contributed by atoms with Crippen LogP contribution >= 0.6 is 0 Å². The fourth-order valence-electron chi connectivity index (χ4n) is 4.59. The number of nitrogens with zero attached hydrogens (tertiary/aromatic N) is 1. The lowest BCUT2D eigenvalue weighted by atomic mass is 9.68. The third-order valence-electron chi connectivity index (χ3n) is 5.24. The molecule has 0 amide bonds. The molecule has 0 aromatic rings. The van der Waals surface area contributed by atoms with E-state index < -0.39 is 0 Å². The lowest BCUT2D eigenvalue weighted by molar-refractivity contribution is 0.0414. The lowest BCUT2D eigenvalue weighted by Crippen LogP contribution is -2.45.